The van der Waals surface area contributed by atoms with Crippen LogP contribution in [0.4, 0.5) is 5.82 Å². The van der Waals surface area contributed by atoms with E-state index in [9.17, 15) is 5.11 Å². The maximum absolute atomic E-state index is 10.4. The van der Waals surface area contributed by atoms with E-state index >= 15 is 0 Å². The summed E-state index contributed by atoms with van der Waals surface area (Å²) in [7, 11) is 1.59. The molecule has 0 bridgehead atoms. The minimum atomic E-state index is 0.0695. The number of anilines is 1. The number of nitrogen functional groups attached to an aromatic ring is 1. The minimum absolute atomic E-state index is 0.0695. The van der Waals surface area contributed by atoms with Crippen LogP contribution in [0, 0.1) is 0 Å². The summed E-state index contributed by atoms with van der Waals surface area (Å²) in [6.07, 6.45) is 1.80. The normalized spacial score (nSPS) is 10.8. The molecular formula is C19H20N2O3. The Bertz CT molecular complexity index is 841. The number of aryl methyl sites for hydroxylation is 1. The number of benzene rings is 2. The third-order valence-electron chi connectivity index (χ3n) is 3.94. The molecule has 0 saturated carbocycles. The van der Waals surface area contributed by atoms with Crippen LogP contribution in [0.3, 0.4) is 0 Å². The maximum atomic E-state index is 10.4. The quantitative estimate of drug-likeness (QED) is 0.733. The summed E-state index contributed by atoms with van der Waals surface area (Å²) in [5.74, 6) is 1.48. The molecule has 3 aromatic rings. The Hall–Kier alpha value is -2.95. The van der Waals surface area contributed by atoms with Crippen molar-refractivity contribution >= 4 is 5.82 Å². The summed E-state index contributed by atoms with van der Waals surface area (Å²) >= 11 is 0. The zero-order valence-electron chi connectivity index (χ0n) is 13.7. The van der Waals surface area contributed by atoms with Gasteiger partial charge in [-0.3, -0.25) is 0 Å². The molecule has 1 aromatic heterocycles. The van der Waals surface area contributed by atoms with Crippen LogP contribution < -0.4 is 10.5 Å². The monoisotopic (exact) mass is 324 g/mol. The van der Waals surface area contributed by atoms with Gasteiger partial charge in [-0.05, 0) is 23.6 Å². The summed E-state index contributed by atoms with van der Waals surface area (Å²) < 4.78 is 10.8. The molecule has 0 aliphatic rings. The molecule has 2 aromatic carbocycles. The molecule has 0 radical (unpaired) electrons. The Kier molecular flexibility index (Phi) is 4.42. The standard InChI is InChI=1S/C19H20N2O3/c1-3-7-13-10-14(15(22)11-16(13)23-2)18-17(19(20)21-24-18)12-8-5-4-6-9-12/h4-6,8-11,22H,3,7H2,1-2H3,(H2,20,21). The van der Waals surface area contributed by atoms with Crippen molar-refractivity contribution in [3.63, 3.8) is 0 Å². The van der Waals surface area contributed by atoms with E-state index in [0.29, 0.717) is 28.5 Å². The van der Waals surface area contributed by atoms with Crippen LogP contribution in [0.25, 0.3) is 22.5 Å². The Morgan fingerprint density at radius 1 is 1.21 bits per heavy atom. The van der Waals surface area contributed by atoms with E-state index in [4.69, 9.17) is 15.0 Å². The highest BCUT2D eigenvalue weighted by atomic mass is 16.5. The third-order valence-corrected chi connectivity index (χ3v) is 3.94. The van der Waals surface area contributed by atoms with E-state index in [1.165, 1.54) is 0 Å². The van der Waals surface area contributed by atoms with Crippen molar-refractivity contribution in [2.75, 3.05) is 12.8 Å². The van der Waals surface area contributed by atoms with Gasteiger partial charge >= 0.3 is 0 Å². The molecule has 0 spiro atoms. The van der Waals surface area contributed by atoms with E-state index in [-0.39, 0.29) is 5.75 Å². The van der Waals surface area contributed by atoms with Crippen LogP contribution in [-0.2, 0) is 6.42 Å². The summed E-state index contributed by atoms with van der Waals surface area (Å²) in [5.41, 5.74) is 9.13. The van der Waals surface area contributed by atoms with E-state index < -0.39 is 0 Å². The molecular weight excluding hydrogens is 304 g/mol. The summed E-state index contributed by atoms with van der Waals surface area (Å²) in [4.78, 5) is 0. The molecule has 5 heteroatoms. The highest BCUT2D eigenvalue weighted by molar-refractivity contribution is 5.88. The van der Waals surface area contributed by atoms with Crippen molar-refractivity contribution < 1.29 is 14.4 Å². The lowest BCUT2D eigenvalue weighted by atomic mass is 9.98. The summed E-state index contributed by atoms with van der Waals surface area (Å²) in [6, 6.07) is 13.1. The minimum Gasteiger partial charge on any atom is -0.507 e. The van der Waals surface area contributed by atoms with Gasteiger partial charge in [0.05, 0.1) is 18.2 Å². The average Bonchev–Trinajstić information content (AvgIpc) is 2.98. The predicted octanol–water partition coefficient (Wildman–Crippen LogP) is 4.26. The summed E-state index contributed by atoms with van der Waals surface area (Å²) in [5, 5.41) is 14.3. The van der Waals surface area contributed by atoms with Crippen molar-refractivity contribution in [3.05, 3.63) is 48.0 Å². The fraction of sp³-hybridized carbons (Fsp3) is 0.211. The van der Waals surface area contributed by atoms with Gasteiger partial charge < -0.3 is 20.1 Å². The van der Waals surface area contributed by atoms with Crippen LogP contribution in [0.5, 0.6) is 11.5 Å². The Balaban J connectivity index is 2.19. The van der Waals surface area contributed by atoms with Gasteiger partial charge in [-0.15, -0.1) is 0 Å². The van der Waals surface area contributed by atoms with Crippen LogP contribution in [0.2, 0.25) is 0 Å². The molecule has 3 rings (SSSR count). The van der Waals surface area contributed by atoms with Gasteiger partial charge in [-0.25, -0.2) is 0 Å². The largest absolute Gasteiger partial charge is 0.507 e. The van der Waals surface area contributed by atoms with Crippen molar-refractivity contribution in [1.82, 2.24) is 5.16 Å². The number of ether oxygens (including phenoxy) is 1. The molecule has 0 unspecified atom stereocenters. The number of hydrogen-bond donors (Lipinski definition) is 2. The number of nitrogens with zero attached hydrogens (tertiary/aromatic N) is 1. The van der Waals surface area contributed by atoms with Crippen molar-refractivity contribution in [3.8, 4) is 33.9 Å². The highest BCUT2D eigenvalue weighted by Crippen LogP contribution is 2.42. The average molecular weight is 324 g/mol. The first-order valence-corrected chi connectivity index (χ1v) is 7.86. The van der Waals surface area contributed by atoms with Crippen LogP contribution in [0.15, 0.2) is 47.0 Å². The molecule has 24 heavy (non-hydrogen) atoms. The van der Waals surface area contributed by atoms with Crippen LogP contribution >= 0.6 is 0 Å². The van der Waals surface area contributed by atoms with Gasteiger partial charge in [-0.2, -0.15) is 0 Å². The second-order valence-corrected chi connectivity index (χ2v) is 5.57. The number of phenolic OH excluding ortho intramolecular Hbond substituents is 1. The lowest BCUT2D eigenvalue weighted by molar-refractivity contribution is 0.401. The SMILES string of the molecule is CCCc1cc(-c2onc(N)c2-c2ccccc2)c(O)cc1OC. The molecule has 0 fully saturated rings. The fourth-order valence-corrected chi connectivity index (χ4v) is 2.82. The number of aromatic hydroxyl groups is 1. The second-order valence-electron chi connectivity index (χ2n) is 5.57. The predicted molar refractivity (Wildman–Crippen MR) is 94.0 cm³/mol. The smallest absolute Gasteiger partial charge is 0.180 e. The maximum Gasteiger partial charge on any atom is 0.180 e. The zero-order chi connectivity index (χ0) is 17.1. The Morgan fingerprint density at radius 3 is 2.62 bits per heavy atom. The third kappa shape index (κ3) is 2.80. The van der Waals surface area contributed by atoms with Crippen molar-refractivity contribution in [2.45, 2.75) is 19.8 Å². The highest BCUT2D eigenvalue weighted by Gasteiger charge is 2.21. The first kappa shape index (κ1) is 15.9. The number of methoxy groups -OCH3 is 1. The zero-order valence-corrected chi connectivity index (χ0v) is 13.7. The molecule has 0 saturated heterocycles. The number of rotatable bonds is 5. The lowest BCUT2D eigenvalue weighted by Crippen LogP contribution is -1.94. The first-order chi connectivity index (χ1) is 11.7. The number of aromatic nitrogens is 1. The molecule has 0 amide bonds. The van der Waals surface area contributed by atoms with Crippen molar-refractivity contribution in [2.24, 2.45) is 0 Å². The van der Waals surface area contributed by atoms with E-state index in [0.717, 1.165) is 24.0 Å². The first-order valence-electron chi connectivity index (χ1n) is 7.86. The molecule has 0 atom stereocenters. The van der Waals surface area contributed by atoms with Gasteiger partial charge in [0.25, 0.3) is 0 Å². The van der Waals surface area contributed by atoms with Crippen LogP contribution in [-0.4, -0.2) is 17.4 Å². The number of nitrogens with two attached hydrogens (primary N) is 1. The van der Waals surface area contributed by atoms with Gasteiger partial charge in [-0.1, -0.05) is 48.8 Å². The molecule has 0 aliphatic heterocycles. The van der Waals surface area contributed by atoms with E-state index in [1.807, 2.05) is 36.4 Å². The lowest BCUT2D eigenvalue weighted by Gasteiger charge is -2.12. The fourth-order valence-electron chi connectivity index (χ4n) is 2.82. The molecule has 5 nitrogen and oxygen atoms in total. The van der Waals surface area contributed by atoms with E-state index in [2.05, 4.69) is 12.1 Å². The van der Waals surface area contributed by atoms with Crippen molar-refractivity contribution in [1.29, 1.82) is 0 Å². The van der Waals surface area contributed by atoms with Gasteiger partial charge in [0.15, 0.2) is 11.6 Å². The Labute approximate surface area is 140 Å². The molecule has 3 N–H and O–H groups in total. The van der Waals surface area contributed by atoms with Gasteiger partial charge in [0, 0.05) is 6.07 Å². The number of phenols is 1. The number of hydrogen-bond acceptors (Lipinski definition) is 5. The Morgan fingerprint density at radius 2 is 1.96 bits per heavy atom. The van der Waals surface area contributed by atoms with Gasteiger partial charge in [0.2, 0.25) is 0 Å². The topological polar surface area (TPSA) is 81.5 Å². The second kappa shape index (κ2) is 6.66. The van der Waals surface area contributed by atoms with E-state index in [1.54, 1.807) is 13.2 Å². The van der Waals surface area contributed by atoms with Crippen LogP contribution in [0.1, 0.15) is 18.9 Å². The molecule has 1 heterocycles. The summed E-state index contributed by atoms with van der Waals surface area (Å²) in [6.45, 7) is 2.09. The molecule has 124 valence electrons. The van der Waals surface area contributed by atoms with Gasteiger partial charge in [0.1, 0.15) is 11.5 Å². The molecule has 0 aliphatic carbocycles.